The van der Waals surface area contributed by atoms with Crippen LogP contribution in [-0.2, 0) is 11.3 Å². The van der Waals surface area contributed by atoms with Crippen LogP contribution in [0.3, 0.4) is 0 Å². The van der Waals surface area contributed by atoms with Gasteiger partial charge in [-0.15, -0.1) is 0 Å². The predicted octanol–water partition coefficient (Wildman–Crippen LogP) is 3.08. The molecule has 3 rings (SSSR count). The molecular weight excluding hydrogens is 382 g/mol. The molecule has 1 aromatic heterocycles. The second-order valence-corrected chi connectivity index (χ2v) is 9.01. The quantitative estimate of drug-likeness (QED) is 0.565. The molecule has 2 N–H and O–H groups in total. The molecule has 1 aromatic rings. The third kappa shape index (κ3) is 6.78. The smallest absolute Gasteiger partial charge is 0.407 e. The van der Waals surface area contributed by atoms with Crippen molar-refractivity contribution in [1.82, 2.24) is 20.5 Å². The molecule has 1 unspecified atom stereocenters. The van der Waals surface area contributed by atoms with Gasteiger partial charge in [-0.3, -0.25) is 4.99 Å². The van der Waals surface area contributed by atoms with Crippen molar-refractivity contribution in [3.05, 3.63) is 23.9 Å². The second kappa shape index (κ2) is 10.00. The minimum absolute atomic E-state index is 0.0482. The van der Waals surface area contributed by atoms with Crippen molar-refractivity contribution >= 4 is 12.1 Å². The molecule has 2 heterocycles. The molecule has 1 amide bonds. The number of guanidine groups is 1. The third-order valence-corrected chi connectivity index (χ3v) is 5.26. The zero-order chi connectivity index (χ0) is 21.6. The van der Waals surface area contributed by atoms with Gasteiger partial charge in [-0.1, -0.05) is 6.07 Å². The fraction of sp³-hybridized carbons (Fsp3) is 0.682. The van der Waals surface area contributed by atoms with Crippen LogP contribution in [0.2, 0.25) is 0 Å². The first kappa shape index (κ1) is 22.2. The van der Waals surface area contributed by atoms with Crippen molar-refractivity contribution in [3.63, 3.8) is 0 Å². The van der Waals surface area contributed by atoms with Crippen LogP contribution in [0, 0.1) is 0 Å². The number of nitrogens with one attached hydrogen (secondary N) is 2. The van der Waals surface area contributed by atoms with E-state index in [0.29, 0.717) is 25.1 Å². The molecule has 8 nitrogen and oxygen atoms in total. The van der Waals surface area contributed by atoms with Crippen LogP contribution in [-0.4, -0.2) is 59.8 Å². The monoisotopic (exact) mass is 417 g/mol. The maximum atomic E-state index is 12.0. The van der Waals surface area contributed by atoms with E-state index in [9.17, 15) is 4.79 Å². The molecule has 1 atom stereocenters. The fourth-order valence-electron chi connectivity index (χ4n) is 3.82. The Hall–Kier alpha value is -2.51. The van der Waals surface area contributed by atoms with E-state index >= 15 is 0 Å². The average molecular weight is 418 g/mol. The normalized spacial score (nSPS) is 20.3. The van der Waals surface area contributed by atoms with Gasteiger partial charge in [0.05, 0.1) is 6.04 Å². The van der Waals surface area contributed by atoms with E-state index < -0.39 is 5.60 Å². The molecule has 30 heavy (non-hydrogen) atoms. The van der Waals surface area contributed by atoms with E-state index in [4.69, 9.17) is 9.47 Å². The van der Waals surface area contributed by atoms with Gasteiger partial charge in [-0.05, 0) is 58.4 Å². The molecule has 1 saturated carbocycles. The Bertz CT molecular complexity index is 723. The first-order chi connectivity index (χ1) is 14.3. The first-order valence-electron chi connectivity index (χ1n) is 10.9. The predicted molar refractivity (Wildman–Crippen MR) is 117 cm³/mol. The Morgan fingerprint density at radius 3 is 2.67 bits per heavy atom. The number of pyridine rings is 1. The molecule has 1 aliphatic heterocycles. The average Bonchev–Trinajstić information content (AvgIpc) is 3.34. The van der Waals surface area contributed by atoms with Crippen molar-refractivity contribution in [1.29, 1.82) is 0 Å². The van der Waals surface area contributed by atoms with E-state index in [1.165, 1.54) is 12.8 Å². The van der Waals surface area contributed by atoms with Gasteiger partial charge in [0.15, 0.2) is 5.96 Å². The molecule has 0 aromatic carbocycles. The zero-order valence-electron chi connectivity index (χ0n) is 18.6. The molecule has 1 saturated heterocycles. The number of aromatic nitrogens is 1. The number of carbonyl (C=O) groups excluding carboxylic acids is 1. The molecule has 1 aliphatic carbocycles. The van der Waals surface area contributed by atoms with E-state index in [1.807, 2.05) is 39.1 Å². The topological polar surface area (TPSA) is 88.1 Å². The molecule has 0 radical (unpaired) electrons. The lowest BCUT2D eigenvalue weighted by Gasteiger charge is -2.23. The second-order valence-electron chi connectivity index (χ2n) is 9.01. The van der Waals surface area contributed by atoms with Gasteiger partial charge in [0.25, 0.3) is 0 Å². The van der Waals surface area contributed by atoms with E-state index in [0.717, 1.165) is 37.3 Å². The van der Waals surface area contributed by atoms with Crippen LogP contribution >= 0.6 is 0 Å². The number of aliphatic imine (C=N–C) groups is 1. The Morgan fingerprint density at radius 2 is 2.03 bits per heavy atom. The summed E-state index contributed by atoms with van der Waals surface area (Å²) in [6.45, 7) is 7.74. The van der Waals surface area contributed by atoms with Gasteiger partial charge in [-0.2, -0.15) is 0 Å². The Morgan fingerprint density at radius 1 is 1.27 bits per heavy atom. The molecule has 2 fully saturated rings. The maximum absolute atomic E-state index is 12.0. The van der Waals surface area contributed by atoms with Crippen molar-refractivity contribution in [2.75, 3.05) is 20.1 Å². The summed E-state index contributed by atoms with van der Waals surface area (Å²) in [5.41, 5.74) is 0.573. The zero-order valence-corrected chi connectivity index (χ0v) is 18.6. The van der Waals surface area contributed by atoms with Gasteiger partial charge in [0.1, 0.15) is 11.7 Å². The SMILES string of the molecule is CN=C(NCc1ccc(OC2CCCC2)nc1)N1CCC(NC(=O)OC(C)(C)C)C1. The number of ether oxygens (including phenoxy) is 2. The van der Waals surface area contributed by atoms with Crippen molar-refractivity contribution in [3.8, 4) is 5.88 Å². The minimum atomic E-state index is -0.494. The lowest BCUT2D eigenvalue weighted by atomic mass is 10.2. The summed E-state index contributed by atoms with van der Waals surface area (Å²) in [4.78, 5) is 23.0. The summed E-state index contributed by atoms with van der Waals surface area (Å²) in [6.07, 6.45) is 7.39. The third-order valence-electron chi connectivity index (χ3n) is 5.26. The Balaban J connectivity index is 1.44. The van der Waals surface area contributed by atoms with Crippen LogP contribution < -0.4 is 15.4 Å². The van der Waals surface area contributed by atoms with E-state index in [2.05, 4.69) is 25.5 Å². The number of hydrogen-bond donors (Lipinski definition) is 2. The summed E-state index contributed by atoms with van der Waals surface area (Å²) in [6, 6.07) is 4.02. The highest BCUT2D eigenvalue weighted by Gasteiger charge is 2.27. The first-order valence-corrected chi connectivity index (χ1v) is 10.9. The standard InChI is InChI=1S/C22H35N5O3/c1-22(2,3)30-21(28)26-17-11-12-27(15-17)20(23-4)25-14-16-9-10-19(24-13-16)29-18-7-5-6-8-18/h9-10,13,17-18H,5-8,11-12,14-15H2,1-4H3,(H,23,25)(H,26,28). The van der Waals surface area contributed by atoms with Gasteiger partial charge < -0.3 is 25.0 Å². The summed E-state index contributed by atoms with van der Waals surface area (Å²) >= 11 is 0. The van der Waals surface area contributed by atoms with Gasteiger partial charge in [0, 0.05) is 38.9 Å². The van der Waals surface area contributed by atoms with Gasteiger partial charge in [-0.25, -0.2) is 9.78 Å². The molecule has 2 aliphatic rings. The van der Waals surface area contributed by atoms with Crippen LogP contribution in [0.5, 0.6) is 5.88 Å². The minimum Gasteiger partial charge on any atom is -0.474 e. The molecule has 8 heteroatoms. The highest BCUT2D eigenvalue weighted by molar-refractivity contribution is 5.80. The maximum Gasteiger partial charge on any atom is 0.407 e. The fourth-order valence-corrected chi connectivity index (χ4v) is 3.82. The molecule has 0 spiro atoms. The van der Waals surface area contributed by atoms with Crippen molar-refractivity contribution in [2.45, 2.75) is 77.2 Å². The largest absolute Gasteiger partial charge is 0.474 e. The van der Waals surface area contributed by atoms with Crippen LogP contribution in [0.4, 0.5) is 4.79 Å². The van der Waals surface area contributed by atoms with E-state index in [1.54, 1.807) is 7.05 Å². The van der Waals surface area contributed by atoms with Crippen molar-refractivity contribution in [2.24, 2.45) is 4.99 Å². The number of carbonyl (C=O) groups is 1. The summed E-state index contributed by atoms with van der Waals surface area (Å²) < 4.78 is 11.3. The number of rotatable bonds is 5. The Labute approximate surface area is 179 Å². The van der Waals surface area contributed by atoms with E-state index in [-0.39, 0.29) is 12.1 Å². The molecule has 166 valence electrons. The highest BCUT2D eigenvalue weighted by Crippen LogP contribution is 2.22. The molecule has 0 bridgehead atoms. The lowest BCUT2D eigenvalue weighted by molar-refractivity contribution is 0.0507. The lowest BCUT2D eigenvalue weighted by Crippen LogP contribution is -2.44. The van der Waals surface area contributed by atoms with Crippen molar-refractivity contribution < 1.29 is 14.3 Å². The number of nitrogens with zero attached hydrogens (tertiary/aromatic N) is 3. The number of alkyl carbamates (subject to hydrolysis) is 1. The van der Waals surface area contributed by atoms with Crippen LogP contribution in [0.25, 0.3) is 0 Å². The Kier molecular flexibility index (Phi) is 7.39. The number of likely N-dealkylation sites (tertiary alicyclic amines) is 1. The number of hydrogen-bond acceptors (Lipinski definition) is 5. The van der Waals surface area contributed by atoms with Crippen LogP contribution in [0.1, 0.15) is 58.4 Å². The summed E-state index contributed by atoms with van der Waals surface area (Å²) in [5, 5.41) is 6.33. The highest BCUT2D eigenvalue weighted by atomic mass is 16.6. The molecular formula is C22H35N5O3. The summed E-state index contributed by atoms with van der Waals surface area (Å²) in [5.74, 6) is 1.51. The van der Waals surface area contributed by atoms with Gasteiger partial charge in [0.2, 0.25) is 5.88 Å². The number of amides is 1. The van der Waals surface area contributed by atoms with Crippen LogP contribution in [0.15, 0.2) is 23.3 Å². The van der Waals surface area contributed by atoms with Gasteiger partial charge >= 0.3 is 6.09 Å². The summed E-state index contributed by atoms with van der Waals surface area (Å²) in [7, 11) is 1.77.